The van der Waals surface area contributed by atoms with E-state index in [-0.39, 0.29) is 5.54 Å². The van der Waals surface area contributed by atoms with E-state index >= 15 is 0 Å². The fourth-order valence-corrected chi connectivity index (χ4v) is 5.46. The van der Waals surface area contributed by atoms with Crippen LogP contribution in [0.5, 0.6) is 0 Å². The van der Waals surface area contributed by atoms with Gasteiger partial charge in [0.1, 0.15) is 5.82 Å². The first-order chi connectivity index (χ1) is 17.0. The fourth-order valence-electron chi connectivity index (χ4n) is 5.46. The molecule has 1 aliphatic carbocycles. The number of aromatic amines is 1. The summed E-state index contributed by atoms with van der Waals surface area (Å²) in [7, 11) is 0. The smallest absolute Gasteiger partial charge is 0.227 e. The molecule has 3 fully saturated rings. The van der Waals surface area contributed by atoms with Gasteiger partial charge in [-0.15, -0.1) is 0 Å². The highest BCUT2D eigenvalue weighted by Crippen LogP contribution is 2.43. The molecule has 6 rings (SSSR count). The second kappa shape index (κ2) is 8.91. The number of nitrogens with one attached hydrogen (secondary N) is 3. The van der Waals surface area contributed by atoms with Crippen LogP contribution in [0.15, 0.2) is 24.8 Å². The van der Waals surface area contributed by atoms with Crippen molar-refractivity contribution in [2.45, 2.75) is 62.8 Å². The van der Waals surface area contributed by atoms with E-state index in [1.165, 1.54) is 24.1 Å². The van der Waals surface area contributed by atoms with Crippen molar-refractivity contribution in [3.8, 4) is 0 Å². The van der Waals surface area contributed by atoms with Crippen LogP contribution in [0.1, 0.15) is 74.1 Å². The van der Waals surface area contributed by atoms with Crippen LogP contribution in [-0.2, 0) is 0 Å². The first kappa shape index (κ1) is 22.5. The molecule has 3 aliphatic rings. The highest BCUT2D eigenvalue weighted by molar-refractivity contribution is 5.93. The third kappa shape index (κ3) is 4.52. The molecule has 8 heteroatoms. The Bertz CT molecular complexity index is 1230. The quantitative estimate of drug-likeness (QED) is 0.421. The normalized spacial score (nSPS) is 20.8. The van der Waals surface area contributed by atoms with Crippen molar-refractivity contribution in [3.63, 3.8) is 0 Å². The first-order valence-corrected chi connectivity index (χ1v) is 13.0. The van der Waals surface area contributed by atoms with E-state index in [0.717, 1.165) is 85.9 Å². The first-order valence-electron chi connectivity index (χ1n) is 13.0. The van der Waals surface area contributed by atoms with Crippen molar-refractivity contribution in [1.82, 2.24) is 25.5 Å². The van der Waals surface area contributed by atoms with Crippen molar-refractivity contribution < 1.29 is 0 Å². The molecule has 2 saturated heterocycles. The van der Waals surface area contributed by atoms with Gasteiger partial charge in [-0.25, -0.2) is 4.98 Å². The summed E-state index contributed by atoms with van der Waals surface area (Å²) in [4.78, 5) is 12.3. The van der Waals surface area contributed by atoms with E-state index < -0.39 is 0 Å². The van der Waals surface area contributed by atoms with Gasteiger partial charge in [-0.2, -0.15) is 10.1 Å². The van der Waals surface area contributed by atoms with Crippen molar-refractivity contribution in [2.24, 2.45) is 5.73 Å². The van der Waals surface area contributed by atoms with E-state index in [1.807, 2.05) is 6.08 Å². The van der Waals surface area contributed by atoms with Crippen LogP contribution in [0.2, 0.25) is 0 Å². The third-order valence-electron chi connectivity index (χ3n) is 7.97. The molecule has 0 unspecified atom stereocenters. The standard InChI is InChI=1S/C27H36N8/c1-3-20-23(18-4-5-18)33-34-25(20)31-24-21-16-19(17-8-12-29-13-9-17)6-7-22(21)30-26(32-24)35-14-10-27(2,28)11-15-35/h3,6-7,16-18,29H,1,4-5,8-15,28H2,2H3,(H2,30,31,32,33,34). The molecule has 1 saturated carbocycles. The van der Waals surface area contributed by atoms with Gasteiger partial charge in [0.15, 0.2) is 5.82 Å². The fraction of sp³-hybridized carbons (Fsp3) is 0.519. The SMILES string of the molecule is C=Cc1c(Nc2nc(N3CCC(C)(N)CC3)nc3ccc(C4CCNCC4)cc23)n[nH]c1C1CC1. The second-order valence-electron chi connectivity index (χ2n) is 10.8. The molecule has 0 radical (unpaired) electrons. The van der Waals surface area contributed by atoms with Crippen LogP contribution in [0.3, 0.4) is 0 Å². The van der Waals surface area contributed by atoms with Crippen LogP contribution in [-0.4, -0.2) is 51.9 Å². The number of nitrogens with zero attached hydrogens (tertiary/aromatic N) is 4. The molecule has 184 valence electrons. The maximum absolute atomic E-state index is 6.39. The van der Waals surface area contributed by atoms with Gasteiger partial charge < -0.3 is 21.3 Å². The minimum atomic E-state index is -0.120. The molecule has 2 aliphatic heterocycles. The Labute approximate surface area is 206 Å². The van der Waals surface area contributed by atoms with Gasteiger partial charge in [0, 0.05) is 41.2 Å². The highest BCUT2D eigenvalue weighted by Gasteiger charge is 2.30. The Morgan fingerprint density at radius 3 is 2.57 bits per heavy atom. The van der Waals surface area contributed by atoms with Crippen LogP contribution < -0.4 is 21.3 Å². The number of anilines is 3. The van der Waals surface area contributed by atoms with Gasteiger partial charge in [0.2, 0.25) is 5.95 Å². The van der Waals surface area contributed by atoms with E-state index in [2.05, 4.69) is 57.4 Å². The van der Waals surface area contributed by atoms with Crippen molar-refractivity contribution in [2.75, 3.05) is 36.4 Å². The molecule has 8 nitrogen and oxygen atoms in total. The van der Waals surface area contributed by atoms with Gasteiger partial charge in [-0.1, -0.05) is 18.7 Å². The van der Waals surface area contributed by atoms with Gasteiger partial charge in [-0.3, -0.25) is 5.10 Å². The summed E-state index contributed by atoms with van der Waals surface area (Å²) >= 11 is 0. The summed E-state index contributed by atoms with van der Waals surface area (Å²) in [5.74, 6) is 3.47. The number of hydrogen-bond acceptors (Lipinski definition) is 7. The van der Waals surface area contributed by atoms with E-state index in [9.17, 15) is 0 Å². The zero-order valence-electron chi connectivity index (χ0n) is 20.6. The van der Waals surface area contributed by atoms with Gasteiger partial charge >= 0.3 is 0 Å². The van der Waals surface area contributed by atoms with E-state index in [4.69, 9.17) is 15.7 Å². The number of aromatic nitrogens is 4. The molecule has 5 N–H and O–H groups in total. The molecular weight excluding hydrogens is 436 g/mol. The monoisotopic (exact) mass is 472 g/mol. The molecule has 4 heterocycles. The average Bonchev–Trinajstić information content (AvgIpc) is 3.64. The van der Waals surface area contributed by atoms with Crippen LogP contribution in [0.4, 0.5) is 17.6 Å². The molecular formula is C27H36N8. The Kier molecular flexibility index (Phi) is 5.73. The number of benzene rings is 1. The number of nitrogens with two attached hydrogens (primary N) is 1. The minimum absolute atomic E-state index is 0.120. The number of H-pyrrole nitrogens is 1. The van der Waals surface area contributed by atoms with Crippen LogP contribution in [0, 0.1) is 0 Å². The third-order valence-corrected chi connectivity index (χ3v) is 7.97. The summed E-state index contributed by atoms with van der Waals surface area (Å²) in [6.07, 6.45) is 8.48. The maximum atomic E-state index is 6.39. The predicted molar refractivity (Wildman–Crippen MR) is 142 cm³/mol. The lowest BCUT2D eigenvalue weighted by Gasteiger charge is -2.36. The largest absolute Gasteiger partial charge is 0.341 e. The maximum Gasteiger partial charge on any atom is 0.227 e. The van der Waals surface area contributed by atoms with Crippen LogP contribution in [0.25, 0.3) is 17.0 Å². The number of rotatable bonds is 6. The number of hydrogen-bond donors (Lipinski definition) is 4. The van der Waals surface area contributed by atoms with Crippen LogP contribution >= 0.6 is 0 Å². The summed E-state index contributed by atoms with van der Waals surface area (Å²) in [5.41, 5.74) is 10.8. The molecule has 2 aromatic heterocycles. The van der Waals surface area contributed by atoms with Crippen molar-refractivity contribution >= 4 is 34.6 Å². The Morgan fingerprint density at radius 1 is 1.09 bits per heavy atom. The number of piperidine rings is 2. The van der Waals surface area contributed by atoms with Gasteiger partial charge in [-0.05, 0) is 82.2 Å². The molecule has 0 atom stereocenters. The van der Waals surface area contributed by atoms with E-state index in [1.54, 1.807) is 0 Å². The predicted octanol–water partition coefficient (Wildman–Crippen LogP) is 4.40. The summed E-state index contributed by atoms with van der Waals surface area (Å²) < 4.78 is 0. The second-order valence-corrected chi connectivity index (χ2v) is 10.8. The van der Waals surface area contributed by atoms with Crippen molar-refractivity contribution in [1.29, 1.82) is 0 Å². The van der Waals surface area contributed by atoms with E-state index in [0.29, 0.717) is 11.8 Å². The molecule has 0 spiro atoms. The summed E-state index contributed by atoms with van der Waals surface area (Å²) in [5, 5.41) is 15.9. The molecule has 3 aromatic rings. The average molecular weight is 473 g/mol. The summed E-state index contributed by atoms with van der Waals surface area (Å²) in [6.45, 7) is 10.0. The summed E-state index contributed by atoms with van der Waals surface area (Å²) in [6, 6.07) is 6.70. The minimum Gasteiger partial charge on any atom is -0.341 e. The van der Waals surface area contributed by atoms with Gasteiger partial charge in [0.25, 0.3) is 0 Å². The Morgan fingerprint density at radius 2 is 1.86 bits per heavy atom. The van der Waals surface area contributed by atoms with Crippen molar-refractivity contribution in [3.05, 3.63) is 41.6 Å². The highest BCUT2D eigenvalue weighted by atomic mass is 15.3. The molecule has 0 bridgehead atoms. The number of fused-ring (bicyclic) bond motifs is 1. The Balaban J connectivity index is 1.40. The topological polar surface area (TPSA) is 108 Å². The van der Waals surface area contributed by atoms with Gasteiger partial charge in [0.05, 0.1) is 5.52 Å². The molecule has 35 heavy (non-hydrogen) atoms. The zero-order chi connectivity index (χ0) is 24.0. The lowest BCUT2D eigenvalue weighted by atomic mass is 9.89. The zero-order valence-corrected chi connectivity index (χ0v) is 20.6. The lowest BCUT2D eigenvalue weighted by molar-refractivity contribution is 0.362. The Hall–Kier alpha value is -2.97. The lowest BCUT2D eigenvalue weighted by Crippen LogP contribution is -2.48. The molecule has 1 aromatic carbocycles. The molecule has 0 amide bonds.